The molecule has 1 aromatic rings. The van der Waals surface area contributed by atoms with Gasteiger partial charge < -0.3 is 9.47 Å². The van der Waals surface area contributed by atoms with Crippen LogP contribution in [0.25, 0.3) is 5.76 Å². The number of carbonyl (C=O) groups is 1. The second-order valence-corrected chi connectivity index (χ2v) is 7.63. The lowest BCUT2D eigenvalue weighted by molar-refractivity contribution is -0.0175. The van der Waals surface area contributed by atoms with Crippen LogP contribution in [0.1, 0.15) is 64.5 Å². The van der Waals surface area contributed by atoms with Gasteiger partial charge in [-0.1, -0.05) is 58.4 Å². The fourth-order valence-electron chi connectivity index (χ4n) is 3.73. The van der Waals surface area contributed by atoms with Gasteiger partial charge in [0.1, 0.15) is 11.9 Å². The average Bonchev–Trinajstić information content (AvgIpc) is 2.54. The predicted octanol–water partition coefficient (Wildman–Crippen LogP) is 6.36. The van der Waals surface area contributed by atoms with Crippen LogP contribution in [0.3, 0.4) is 0 Å². The van der Waals surface area contributed by atoms with Crippen molar-refractivity contribution in [2.75, 3.05) is 0 Å². The summed E-state index contributed by atoms with van der Waals surface area (Å²) >= 11 is 0. The van der Waals surface area contributed by atoms with Crippen LogP contribution in [0.2, 0.25) is 0 Å². The molecular formula is C22H32O3. The van der Waals surface area contributed by atoms with Crippen molar-refractivity contribution < 1.29 is 14.3 Å². The highest BCUT2D eigenvalue weighted by atomic mass is 16.7. The third-order valence-corrected chi connectivity index (χ3v) is 5.20. The Morgan fingerprint density at radius 3 is 2.64 bits per heavy atom. The highest BCUT2D eigenvalue weighted by Crippen LogP contribution is 2.35. The van der Waals surface area contributed by atoms with Gasteiger partial charge in [-0.25, -0.2) is 4.79 Å². The van der Waals surface area contributed by atoms with Gasteiger partial charge in [0, 0.05) is 5.56 Å². The molecule has 3 heteroatoms. The van der Waals surface area contributed by atoms with E-state index in [1.807, 2.05) is 44.2 Å². The maximum absolute atomic E-state index is 12.5. The quantitative estimate of drug-likeness (QED) is 0.460. The third kappa shape index (κ3) is 5.35. The Balaban J connectivity index is 2.08. The standard InChI is InChI=1S/C22H32O3/c1-6-9-20(19-11-8-7-10-17(19)5)24-22(23)25-21-14-16(4)12-13-18(21)15(2)3/h7-11,15-16,18,21H,6,12-14H2,1-5H3/b20-9+. The van der Waals surface area contributed by atoms with Gasteiger partial charge in [-0.2, -0.15) is 0 Å². The van der Waals surface area contributed by atoms with E-state index in [-0.39, 0.29) is 6.10 Å². The van der Waals surface area contributed by atoms with Gasteiger partial charge in [0.15, 0.2) is 0 Å². The molecule has 0 amide bonds. The molecule has 1 aromatic carbocycles. The molecule has 0 radical (unpaired) electrons. The van der Waals surface area contributed by atoms with Gasteiger partial charge in [0.2, 0.25) is 0 Å². The first-order chi connectivity index (χ1) is 11.9. The van der Waals surface area contributed by atoms with E-state index >= 15 is 0 Å². The highest BCUT2D eigenvalue weighted by Gasteiger charge is 2.34. The minimum absolute atomic E-state index is 0.0454. The number of hydrogen-bond donors (Lipinski definition) is 0. The fourth-order valence-corrected chi connectivity index (χ4v) is 3.73. The fraction of sp³-hybridized carbons (Fsp3) is 0.591. The Hall–Kier alpha value is -1.77. The van der Waals surface area contributed by atoms with E-state index < -0.39 is 6.16 Å². The zero-order chi connectivity index (χ0) is 18.4. The first kappa shape index (κ1) is 19.6. The van der Waals surface area contributed by atoms with Gasteiger partial charge >= 0.3 is 6.16 Å². The summed E-state index contributed by atoms with van der Waals surface area (Å²) in [5.41, 5.74) is 2.03. The van der Waals surface area contributed by atoms with Crippen molar-refractivity contribution in [1.29, 1.82) is 0 Å². The van der Waals surface area contributed by atoms with Crippen LogP contribution in [-0.2, 0) is 9.47 Å². The number of benzene rings is 1. The molecule has 1 saturated carbocycles. The summed E-state index contributed by atoms with van der Waals surface area (Å²) in [5.74, 6) is 2.11. The first-order valence-electron chi connectivity index (χ1n) is 9.57. The SMILES string of the molecule is CC/C=C(/OC(=O)OC1CC(C)CCC1C(C)C)c1ccccc1C. The molecule has 138 valence electrons. The summed E-state index contributed by atoms with van der Waals surface area (Å²) in [4.78, 5) is 12.5. The normalized spacial score (nSPS) is 24.2. The minimum Gasteiger partial charge on any atom is -0.430 e. The second-order valence-electron chi connectivity index (χ2n) is 7.63. The van der Waals surface area contributed by atoms with Gasteiger partial charge in [0.25, 0.3) is 0 Å². The number of rotatable bonds is 5. The number of carbonyl (C=O) groups excluding carboxylic acids is 1. The summed E-state index contributed by atoms with van der Waals surface area (Å²) in [6.07, 6.45) is 5.37. The number of allylic oxidation sites excluding steroid dienone is 1. The molecule has 3 unspecified atom stereocenters. The van der Waals surface area contributed by atoms with E-state index in [1.165, 1.54) is 6.42 Å². The molecule has 0 bridgehead atoms. The van der Waals surface area contributed by atoms with E-state index in [4.69, 9.17) is 9.47 Å². The lowest BCUT2D eigenvalue weighted by Gasteiger charge is -2.36. The Bertz CT molecular complexity index is 603. The largest absolute Gasteiger partial charge is 0.514 e. The van der Waals surface area contributed by atoms with Crippen molar-refractivity contribution in [1.82, 2.24) is 0 Å². The molecule has 25 heavy (non-hydrogen) atoms. The van der Waals surface area contributed by atoms with E-state index in [2.05, 4.69) is 20.8 Å². The van der Waals surface area contributed by atoms with E-state index in [0.29, 0.717) is 23.5 Å². The molecule has 3 nitrogen and oxygen atoms in total. The summed E-state index contributed by atoms with van der Waals surface area (Å²) in [7, 11) is 0. The lowest BCUT2D eigenvalue weighted by Crippen LogP contribution is -2.35. The molecule has 0 N–H and O–H groups in total. The van der Waals surface area contributed by atoms with Gasteiger partial charge in [0.05, 0.1) is 0 Å². The molecule has 0 spiro atoms. The van der Waals surface area contributed by atoms with Crippen molar-refractivity contribution in [2.24, 2.45) is 17.8 Å². The zero-order valence-corrected chi connectivity index (χ0v) is 16.2. The van der Waals surface area contributed by atoms with Gasteiger partial charge in [-0.3, -0.25) is 0 Å². The lowest BCUT2D eigenvalue weighted by atomic mass is 9.75. The van der Waals surface area contributed by atoms with Crippen molar-refractivity contribution in [2.45, 2.75) is 66.4 Å². The van der Waals surface area contributed by atoms with E-state index in [1.54, 1.807) is 0 Å². The summed E-state index contributed by atoms with van der Waals surface area (Å²) in [5, 5.41) is 0. The Labute approximate surface area is 152 Å². The molecule has 1 aliphatic rings. The number of aryl methyl sites for hydroxylation is 1. The Morgan fingerprint density at radius 1 is 1.28 bits per heavy atom. The number of hydrogen-bond acceptors (Lipinski definition) is 3. The van der Waals surface area contributed by atoms with Crippen LogP contribution in [0.15, 0.2) is 30.3 Å². The molecule has 3 atom stereocenters. The summed E-state index contributed by atoms with van der Waals surface area (Å²) < 4.78 is 11.4. The molecule has 0 aromatic heterocycles. The van der Waals surface area contributed by atoms with E-state index in [9.17, 15) is 4.79 Å². The average molecular weight is 344 g/mol. The Kier molecular flexibility index (Phi) is 7.10. The van der Waals surface area contributed by atoms with Gasteiger partial charge in [-0.15, -0.1) is 0 Å². The smallest absolute Gasteiger partial charge is 0.430 e. The van der Waals surface area contributed by atoms with Crippen LogP contribution in [0.4, 0.5) is 4.79 Å². The van der Waals surface area contributed by atoms with E-state index in [0.717, 1.165) is 30.4 Å². The van der Waals surface area contributed by atoms with Crippen LogP contribution in [0.5, 0.6) is 0 Å². The molecule has 1 aliphatic carbocycles. The van der Waals surface area contributed by atoms with Gasteiger partial charge in [-0.05, 0) is 55.6 Å². The van der Waals surface area contributed by atoms with Crippen molar-refractivity contribution >= 4 is 11.9 Å². The van der Waals surface area contributed by atoms with Crippen LogP contribution < -0.4 is 0 Å². The molecule has 0 saturated heterocycles. The van der Waals surface area contributed by atoms with Crippen molar-refractivity contribution in [3.63, 3.8) is 0 Å². The molecular weight excluding hydrogens is 312 g/mol. The maximum Gasteiger partial charge on any atom is 0.514 e. The summed E-state index contributed by atoms with van der Waals surface area (Å²) in [6, 6.07) is 7.93. The monoisotopic (exact) mass is 344 g/mol. The highest BCUT2D eigenvalue weighted by molar-refractivity contribution is 5.74. The maximum atomic E-state index is 12.5. The first-order valence-corrected chi connectivity index (χ1v) is 9.57. The van der Waals surface area contributed by atoms with Crippen molar-refractivity contribution in [3.05, 3.63) is 41.5 Å². The molecule has 0 aliphatic heterocycles. The Morgan fingerprint density at radius 2 is 2.00 bits per heavy atom. The van der Waals surface area contributed by atoms with Crippen molar-refractivity contribution in [3.8, 4) is 0 Å². The zero-order valence-electron chi connectivity index (χ0n) is 16.2. The minimum atomic E-state index is -0.576. The molecule has 2 rings (SSSR count). The summed E-state index contributed by atoms with van der Waals surface area (Å²) in [6.45, 7) is 10.7. The molecule has 0 heterocycles. The topological polar surface area (TPSA) is 35.5 Å². The second kappa shape index (κ2) is 9.07. The molecule has 1 fully saturated rings. The predicted molar refractivity (Wildman–Crippen MR) is 102 cm³/mol. The number of ether oxygens (including phenoxy) is 2. The van der Waals surface area contributed by atoms with Crippen LogP contribution >= 0.6 is 0 Å². The van der Waals surface area contributed by atoms with Crippen LogP contribution in [0, 0.1) is 24.7 Å². The van der Waals surface area contributed by atoms with Crippen LogP contribution in [-0.4, -0.2) is 12.3 Å². The third-order valence-electron chi connectivity index (χ3n) is 5.20.